The highest BCUT2D eigenvalue weighted by atomic mass is 35.5. The van der Waals surface area contributed by atoms with Crippen molar-refractivity contribution < 1.29 is 9.13 Å². The van der Waals surface area contributed by atoms with E-state index in [0.717, 1.165) is 6.20 Å². The molecule has 0 aliphatic rings. The lowest BCUT2D eigenvalue weighted by atomic mass is 10.1. The number of halogens is 3. The third-order valence-corrected chi connectivity index (χ3v) is 2.84. The molecule has 0 aliphatic heterocycles. The van der Waals surface area contributed by atoms with Gasteiger partial charge in [-0.15, -0.1) is 0 Å². The summed E-state index contributed by atoms with van der Waals surface area (Å²) in [5.41, 5.74) is 1.06. The SMILES string of the molecule is COc1c(F)cncc1-c1cc(Cl)ccc1Cl. The second-order valence-electron chi connectivity index (χ2n) is 3.33. The van der Waals surface area contributed by atoms with E-state index in [9.17, 15) is 4.39 Å². The molecule has 5 heteroatoms. The second kappa shape index (κ2) is 4.90. The van der Waals surface area contributed by atoms with Crippen LogP contribution in [0, 0.1) is 5.82 Å². The van der Waals surface area contributed by atoms with E-state index in [1.165, 1.54) is 13.3 Å². The van der Waals surface area contributed by atoms with Gasteiger partial charge >= 0.3 is 0 Å². The third-order valence-electron chi connectivity index (χ3n) is 2.28. The zero-order chi connectivity index (χ0) is 12.4. The average Bonchev–Trinajstić information content (AvgIpc) is 2.32. The smallest absolute Gasteiger partial charge is 0.183 e. The minimum Gasteiger partial charge on any atom is -0.493 e. The Bertz CT molecular complexity index is 560. The summed E-state index contributed by atoms with van der Waals surface area (Å²) in [5.74, 6) is -0.440. The van der Waals surface area contributed by atoms with Crippen LogP contribution in [0.2, 0.25) is 10.0 Å². The maximum Gasteiger partial charge on any atom is 0.183 e. The van der Waals surface area contributed by atoms with Gasteiger partial charge in [-0.25, -0.2) is 4.39 Å². The summed E-state index contributed by atoms with van der Waals surface area (Å²) in [5, 5.41) is 0.968. The van der Waals surface area contributed by atoms with Crippen molar-refractivity contribution >= 4 is 23.2 Å². The van der Waals surface area contributed by atoms with E-state index in [1.807, 2.05) is 0 Å². The Morgan fingerprint density at radius 1 is 1.18 bits per heavy atom. The van der Waals surface area contributed by atoms with Gasteiger partial charge in [0.15, 0.2) is 11.6 Å². The summed E-state index contributed by atoms with van der Waals surface area (Å²) >= 11 is 11.9. The van der Waals surface area contributed by atoms with E-state index in [2.05, 4.69) is 4.98 Å². The van der Waals surface area contributed by atoms with Gasteiger partial charge in [-0.05, 0) is 18.2 Å². The first-order chi connectivity index (χ1) is 8.13. The minimum atomic E-state index is -0.541. The summed E-state index contributed by atoms with van der Waals surface area (Å²) < 4.78 is 18.5. The maximum absolute atomic E-state index is 13.5. The van der Waals surface area contributed by atoms with Gasteiger partial charge in [-0.3, -0.25) is 4.98 Å². The van der Waals surface area contributed by atoms with Crippen LogP contribution in [-0.2, 0) is 0 Å². The summed E-state index contributed by atoms with van der Waals surface area (Å²) in [6, 6.07) is 4.94. The molecule has 2 aromatic rings. The van der Waals surface area contributed by atoms with Crippen LogP contribution < -0.4 is 4.74 Å². The fraction of sp³-hybridized carbons (Fsp3) is 0.0833. The van der Waals surface area contributed by atoms with Crippen LogP contribution in [0.3, 0.4) is 0 Å². The largest absolute Gasteiger partial charge is 0.493 e. The van der Waals surface area contributed by atoms with E-state index in [-0.39, 0.29) is 5.75 Å². The highest BCUT2D eigenvalue weighted by Crippen LogP contribution is 2.36. The van der Waals surface area contributed by atoms with E-state index in [4.69, 9.17) is 27.9 Å². The van der Waals surface area contributed by atoms with Gasteiger partial charge in [-0.2, -0.15) is 0 Å². The normalized spacial score (nSPS) is 10.4. The molecule has 1 heterocycles. The number of pyridine rings is 1. The Hall–Kier alpha value is -1.32. The van der Waals surface area contributed by atoms with Crippen molar-refractivity contribution in [2.75, 3.05) is 7.11 Å². The summed E-state index contributed by atoms with van der Waals surface area (Å²) in [6.45, 7) is 0. The second-order valence-corrected chi connectivity index (χ2v) is 4.17. The molecule has 0 saturated heterocycles. The van der Waals surface area contributed by atoms with Gasteiger partial charge in [0.25, 0.3) is 0 Å². The Morgan fingerprint density at radius 2 is 1.94 bits per heavy atom. The molecule has 2 rings (SSSR count). The molecule has 2 nitrogen and oxygen atoms in total. The highest BCUT2D eigenvalue weighted by Gasteiger charge is 2.14. The standard InChI is InChI=1S/C12H8Cl2FNO/c1-17-12-9(5-16-6-11(12)15)8-4-7(13)2-3-10(8)14/h2-6H,1H3. The molecule has 0 amide bonds. The molecule has 0 N–H and O–H groups in total. The van der Waals surface area contributed by atoms with Gasteiger partial charge in [0.2, 0.25) is 0 Å². The first kappa shape index (κ1) is 12.1. The predicted octanol–water partition coefficient (Wildman–Crippen LogP) is 4.20. The molecule has 0 atom stereocenters. The van der Waals surface area contributed by atoms with Crippen LogP contribution in [0.5, 0.6) is 5.75 Å². The number of nitrogens with zero attached hydrogens (tertiary/aromatic N) is 1. The lowest BCUT2D eigenvalue weighted by molar-refractivity contribution is 0.387. The average molecular weight is 272 g/mol. The quantitative estimate of drug-likeness (QED) is 0.817. The van der Waals surface area contributed by atoms with Crippen molar-refractivity contribution in [3.63, 3.8) is 0 Å². The Morgan fingerprint density at radius 3 is 2.65 bits per heavy atom. The number of hydrogen-bond acceptors (Lipinski definition) is 2. The van der Waals surface area contributed by atoms with Crippen LogP contribution in [0.4, 0.5) is 4.39 Å². The highest BCUT2D eigenvalue weighted by molar-refractivity contribution is 6.35. The monoisotopic (exact) mass is 271 g/mol. The molecule has 17 heavy (non-hydrogen) atoms. The van der Waals surface area contributed by atoms with Gasteiger partial charge in [0.05, 0.1) is 13.3 Å². The lowest BCUT2D eigenvalue weighted by Gasteiger charge is -2.10. The molecule has 0 unspecified atom stereocenters. The molecule has 1 aromatic heterocycles. The number of rotatable bonds is 2. The van der Waals surface area contributed by atoms with Crippen LogP contribution >= 0.6 is 23.2 Å². The third kappa shape index (κ3) is 2.35. The fourth-order valence-electron chi connectivity index (χ4n) is 1.53. The maximum atomic E-state index is 13.5. The Balaban J connectivity index is 2.68. The molecular formula is C12H8Cl2FNO. The van der Waals surface area contributed by atoms with E-state index < -0.39 is 5.82 Å². The first-order valence-electron chi connectivity index (χ1n) is 4.76. The van der Waals surface area contributed by atoms with Gasteiger partial charge in [0.1, 0.15) is 0 Å². The van der Waals surface area contributed by atoms with Crippen molar-refractivity contribution in [2.45, 2.75) is 0 Å². The molecule has 0 bridgehead atoms. The van der Waals surface area contributed by atoms with Crippen molar-refractivity contribution in [2.24, 2.45) is 0 Å². The van der Waals surface area contributed by atoms with Gasteiger partial charge < -0.3 is 4.74 Å². The van der Waals surface area contributed by atoms with Crippen LogP contribution in [0.1, 0.15) is 0 Å². The summed E-state index contributed by atoms with van der Waals surface area (Å²) in [4.78, 5) is 3.78. The molecule has 1 aromatic carbocycles. The fourth-order valence-corrected chi connectivity index (χ4v) is 1.92. The van der Waals surface area contributed by atoms with Crippen molar-refractivity contribution in [1.82, 2.24) is 4.98 Å². The number of hydrogen-bond donors (Lipinski definition) is 0. The van der Waals surface area contributed by atoms with Crippen molar-refractivity contribution in [1.29, 1.82) is 0 Å². The lowest BCUT2D eigenvalue weighted by Crippen LogP contribution is -1.94. The zero-order valence-corrected chi connectivity index (χ0v) is 10.4. The number of aromatic nitrogens is 1. The summed E-state index contributed by atoms with van der Waals surface area (Å²) in [6.07, 6.45) is 2.57. The molecule has 0 fully saturated rings. The molecule has 0 saturated carbocycles. The van der Waals surface area contributed by atoms with Gasteiger partial charge in [0, 0.05) is 27.4 Å². The van der Waals surface area contributed by atoms with Crippen molar-refractivity contribution in [3.8, 4) is 16.9 Å². The number of methoxy groups -OCH3 is 1. The predicted molar refractivity (Wildman–Crippen MR) is 66.2 cm³/mol. The van der Waals surface area contributed by atoms with E-state index in [0.29, 0.717) is 21.2 Å². The van der Waals surface area contributed by atoms with E-state index in [1.54, 1.807) is 18.2 Å². The molecule has 0 aliphatic carbocycles. The number of benzene rings is 1. The van der Waals surface area contributed by atoms with Crippen LogP contribution in [0.25, 0.3) is 11.1 Å². The summed E-state index contributed by atoms with van der Waals surface area (Å²) in [7, 11) is 1.39. The minimum absolute atomic E-state index is 0.101. The first-order valence-corrected chi connectivity index (χ1v) is 5.52. The van der Waals surface area contributed by atoms with Gasteiger partial charge in [-0.1, -0.05) is 23.2 Å². The van der Waals surface area contributed by atoms with Crippen LogP contribution in [0.15, 0.2) is 30.6 Å². The molecular weight excluding hydrogens is 264 g/mol. The molecule has 0 radical (unpaired) electrons. The van der Waals surface area contributed by atoms with E-state index >= 15 is 0 Å². The Labute approximate surface area is 108 Å². The molecule has 0 spiro atoms. The zero-order valence-electron chi connectivity index (χ0n) is 8.88. The van der Waals surface area contributed by atoms with Crippen LogP contribution in [-0.4, -0.2) is 12.1 Å². The Kier molecular flexibility index (Phi) is 3.50. The molecule has 88 valence electrons. The van der Waals surface area contributed by atoms with Crippen molar-refractivity contribution in [3.05, 3.63) is 46.5 Å². The topological polar surface area (TPSA) is 22.1 Å². The number of ether oxygens (including phenoxy) is 1.